The second-order valence-corrected chi connectivity index (χ2v) is 5.14. The summed E-state index contributed by atoms with van der Waals surface area (Å²) in [6, 6.07) is 4.23. The molecule has 8 heteroatoms. The number of carbonyl (C=O) groups excluding carboxylic acids is 2. The predicted molar refractivity (Wildman–Crippen MR) is 77.6 cm³/mol. The monoisotopic (exact) mass is 328 g/mol. The van der Waals surface area contributed by atoms with Crippen LogP contribution in [0.4, 0.5) is 13.2 Å². The van der Waals surface area contributed by atoms with Crippen molar-refractivity contribution in [1.29, 1.82) is 0 Å². The van der Waals surface area contributed by atoms with Gasteiger partial charge in [-0.3, -0.25) is 9.59 Å². The number of benzene rings is 1. The van der Waals surface area contributed by atoms with E-state index < -0.39 is 29.9 Å². The zero-order valence-corrected chi connectivity index (χ0v) is 12.8. The van der Waals surface area contributed by atoms with Gasteiger partial charge in [0.25, 0.3) is 0 Å². The minimum absolute atomic E-state index is 0.0956. The third-order valence-electron chi connectivity index (χ3n) is 3.49. The van der Waals surface area contributed by atoms with Crippen LogP contribution in [0, 0.1) is 0 Å². The minimum Gasteiger partial charge on any atom is -0.497 e. The molecule has 1 amide bonds. The summed E-state index contributed by atoms with van der Waals surface area (Å²) in [5.41, 5.74) is -1.49. The van der Waals surface area contributed by atoms with Crippen LogP contribution >= 0.6 is 0 Å². The van der Waals surface area contributed by atoms with Gasteiger partial charge in [-0.1, -0.05) is 0 Å². The molecule has 0 saturated carbocycles. The molecule has 0 bridgehead atoms. The predicted octanol–water partition coefficient (Wildman–Crippen LogP) is 2.57. The van der Waals surface area contributed by atoms with Crippen LogP contribution in [0.15, 0.2) is 18.2 Å². The maximum absolute atomic E-state index is 13.4. The van der Waals surface area contributed by atoms with Crippen LogP contribution in [0.5, 0.6) is 5.75 Å². The molecule has 0 fully saturated rings. The van der Waals surface area contributed by atoms with Crippen LogP contribution in [-0.2, 0) is 17.5 Å². The van der Waals surface area contributed by atoms with E-state index in [4.69, 9.17) is 4.74 Å². The normalized spacial score (nSPS) is 11.6. The fourth-order valence-electron chi connectivity index (χ4n) is 2.35. The van der Waals surface area contributed by atoms with Gasteiger partial charge in [-0.25, -0.2) is 0 Å². The summed E-state index contributed by atoms with van der Waals surface area (Å²) in [5.74, 6) is -0.189. The fourth-order valence-corrected chi connectivity index (χ4v) is 2.35. The number of alkyl halides is 3. The standard InChI is InChI=1S/C15H15F3N2O3/c1-19(2)13(22)7-20-12-5-4-9(23-3)6-10(12)11(8-21)14(20)15(16,17)18/h4-6,8H,7H2,1-3H3. The first-order valence-corrected chi connectivity index (χ1v) is 6.63. The summed E-state index contributed by atoms with van der Waals surface area (Å²) in [6.45, 7) is -0.515. The van der Waals surface area contributed by atoms with Crippen molar-refractivity contribution in [2.24, 2.45) is 0 Å². The Labute approximate surface area is 130 Å². The van der Waals surface area contributed by atoms with Crippen molar-refractivity contribution in [3.05, 3.63) is 29.5 Å². The minimum atomic E-state index is -4.77. The lowest BCUT2D eigenvalue weighted by molar-refractivity contribution is -0.144. The third-order valence-corrected chi connectivity index (χ3v) is 3.49. The average molecular weight is 328 g/mol. The number of likely N-dealkylation sites (N-methyl/N-ethyl adjacent to an activating group) is 1. The molecule has 23 heavy (non-hydrogen) atoms. The number of rotatable bonds is 4. The number of methoxy groups -OCH3 is 1. The molecule has 5 nitrogen and oxygen atoms in total. The van der Waals surface area contributed by atoms with Gasteiger partial charge < -0.3 is 14.2 Å². The third kappa shape index (κ3) is 3.01. The number of nitrogens with zero attached hydrogens (tertiary/aromatic N) is 2. The van der Waals surface area contributed by atoms with Gasteiger partial charge in [-0.05, 0) is 18.2 Å². The number of amides is 1. The van der Waals surface area contributed by atoms with Gasteiger partial charge in [0.05, 0.1) is 12.7 Å². The van der Waals surface area contributed by atoms with E-state index in [2.05, 4.69) is 0 Å². The quantitative estimate of drug-likeness (QED) is 0.811. The maximum Gasteiger partial charge on any atom is 0.432 e. The Hall–Kier alpha value is -2.51. The smallest absolute Gasteiger partial charge is 0.432 e. The Morgan fingerprint density at radius 1 is 1.35 bits per heavy atom. The van der Waals surface area contributed by atoms with Gasteiger partial charge in [-0.2, -0.15) is 13.2 Å². The van der Waals surface area contributed by atoms with E-state index in [1.54, 1.807) is 0 Å². The molecule has 1 heterocycles. The average Bonchev–Trinajstić information content (AvgIpc) is 2.79. The van der Waals surface area contributed by atoms with Crippen molar-refractivity contribution in [2.45, 2.75) is 12.7 Å². The molecule has 0 saturated heterocycles. The molecule has 0 atom stereocenters. The molecule has 1 aromatic carbocycles. The van der Waals surface area contributed by atoms with Crippen molar-refractivity contribution in [2.75, 3.05) is 21.2 Å². The van der Waals surface area contributed by atoms with Crippen LogP contribution in [0.3, 0.4) is 0 Å². The van der Waals surface area contributed by atoms with Crippen molar-refractivity contribution in [1.82, 2.24) is 9.47 Å². The molecule has 2 rings (SSSR count). The van der Waals surface area contributed by atoms with E-state index in [0.29, 0.717) is 5.75 Å². The molecule has 0 radical (unpaired) electrons. The van der Waals surface area contributed by atoms with Gasteiger partial charge in [0.15, 0.2) is 6.29 Å². The summed E-state index contributed by atoms with van der Waals surface area (Å²) in [7, 11) is 4.27. The highest BCUT2D eigenvalue weighted by molar-refractivity contribution is 6.01. The summed E-state index contributed by atoms with van der Waals surface area (Å²) in [6.07, 6.45) is -4.61. The second-order valence-electron chi connectivity index (χ2n) is 5.14. The van der Waals surface area contributed by atoms with Gasteiger partial charge in [0.2, 0.25) is 5.91 Å². The molecular weight excluding hydrogens is 313 g/mol. The van der Waals surface area contributed by atoms with Crippen molar-refractivity contribution < 1.29 is 27.5 Å². The lowest BCUT2D eigenvalue weighted by Gasteiger charge is -2.16. The van der Waals surface area contributed by atoms with Crippen molar-refractivity contribution >= 4 is 23.1 Å². The number of aldehydes is 1. The lowest BCUT2D eigenvalue weighted by atomic mass is 10.1. The van der Waals surface area contributed by atoms with E-state index >= 15 is 0 Å². The summed E-state index contributed by atoms with van der Waals surface area (Å²) >= 11 is 0. The van der Waals surface area contributed by atoms with Crippen LogP contribution < -0.4 is 4.74 Å². The highest BCUT2D eigenvalue weighted by Crippen LogP contribution is 2.38. The van der Waals surface area contributed by atoms with Crippen LogP contribution in [0.2, 0.25) is 0 Å². The molecule has 0 aliphatic carbocycles. The number of hydrogen-bond donors (Lipinski definition) is 0. The Kier molecular flexibility index (Phi) is 4.35. The first kappa shape index (κ1) is 16.9. The van der Waals surface area contributed by atoms with E-state index in [-0.39, 0.29) is 17.2 Å². The summed E-state index contributed by atoms with van der Waals surface area (Å²) < 4.78 is 46.1. The molecule has 0 N–H and O–H groups in total. The maximum atomic E-state index is 13.4. The highest BCUT2D eigenvalue weighted by Gasteiger charge is 2.39. The number of fused-ring (bicyclic) bond motifs is 1. The molecule has 0 aliphatic rings. The van der Waals surface area contributed by atoms with Gasteiger partial charge in [0.1, 0.15) is 18.0 Å². The second kappa shape index (κ2) is 5.94. The van der Waals surface area contributed by atoms with E-state index in [1.807, 2.05) is 0 Å². The Morgan fingerprint density at radius 3 is 2.48 bits per heavy atom. The Morgan fingerprint density at radius 2 is 2.00 bits per heavy atom. The van der Waals surface area contributed by atoms with Crippen molar-refractivity contribution in [3.8, 4) is 5.75 Å². The molecule has 1 aromatic heterocycles. The number of aromatic nitrogens is 1. The zero-order chi connectivity index (χ0) is 17.4. The van der Waals surface area contributed by atoms with Gasteiger partial charge in [-0.15, -0.1) is 0 Å². The first-order valence-electron chi connectivity index (χ1n) is 6.63. The molecule has 0 aliphatic heterocycles. The molecule has 0 spiro atoms. The van der Waals surface area contributed by atoms with Crippen LogP contribution in [0.25, 0.3) is 10.9 Å². The lowest BCUT2D eigenvalue weighted by Crippen LogP contribution is -2.28. The molecule has 2 aromatic rings. The Bertz CT molecular complexity index is 763. The number of ether oxygens (including phenoxy) is 1. The largest absolute Gasteiger partial charge is 0.497 e. The Balaban J connectivity index is 2.81. The summed E-state index contributed by atoms with van der Waals surface area (Å²) in [5, 5.41) is 0.0956. The fraction of sp³-hybridized carbons (Fsp3) is 0.333. The van der Waals surface area contributed by atoms with E-state index in [0.717, 1.165) is 4.57 Å². The number of halogens is 3. The number of hydrogen-bond acceptors (Lipinski definition) is 3. The van der Waals surface area contributed by atoms with Gasteiger partial charge >= 0.3 is 6.18 Å². The zero-order valence-electron chi connectivity index (χ0n) is 12.8. The molecular formula is C15H15F3N2O3. The summed E-state index contributed by atoms with van der Waals surface area (Å²) in [4.78, 5) is 24.3. The van der Waals surface area contributed by atoms with Crippen LogP contribution in [0.1, 0.15) is 16.1 Å². The van der Waals surface area contributed by atoms with Crippen LogP contribution in [-0.4, -0.2) is 42.9 Å². The van der Waals surface area contributed by atoms with E-state index in [9.17, 15) is 22.8 Å². The first-order chi connectivity index (χ1) is 10.7. The molecule has 0 unspecified atom stereocenters. The topological polar surface area (TPSA) is 51.5 Å². The highest BCUT2D eigenvalue weighted by atomic mass is 19.4. The van der Waals surface area contributed by atoms with E-state index in [1.165, 1.54) is 44.3 Å². The SMILES string of the molecule is COc1ccc2c(c1)c(C=O)c(C(F)(F)F)n2CC(=O)N(C)C. The van der Waals surface area contributed by atoms with Crippen molar-refractivity contribution in [3.63, 3.8) is 0 Å². The number of carbonyl (C=O) groups is 2. The van der Waals surface area contributed by atoms with Gasteiger partial charge in [0, 0.05) is 25.0 Å². The molecule has 124 valence electrons.